The molecule has 0 aliphatic heterocycles. The van der Waals surface area contributed by atoms with Crippen molar-refractivity contribution in [3.8, 4) is 0 Å². The van der Waals surface area contributed by atoms with Gasteiger partial charge in [-0.1, -0.05) is 42.1 Å². The van der Waals surface area contributed by atoms with E-state index >= 15 is 0 Å². The molecule has 2 N–H and O–H groups in total. The third-order valence-electron chi connectivity index (χ3n) is 3.00. The molecule has 1 aromatic heterocycles. The first kappa shape index (κ1) is 15.5. The molecule has 5 nitrogen and oxygen atoms in total. The third-order valence-corrected chi connectivity index (χ3v) is 3.57. The Labute approximate surface area is 127 Å². The lowest BCUT2D eigenvalue weighted by Crippen LogP contribution is -2.38. The number of thioether (sulfide) groups is 1. The predicted molar refractivity (Wildman–Crippen MR) is 82.2 cm³/mol. The van der Waals surface area contributed by atoms with Gasteiger partial charge in [0.2, 0.25) is 0 Å². The molecule has 1 atom stereocenters. The molecule has 0 saturated carbocycles. The lowest BCUT2D eigenvalue weighted by Gasteiger charge is -2.14. The van der Waals surface area contributed by atoms with Crippen molar-refractivity contribution in [2.75, 3.05) is 6.26 Å². The molecule has 2 rings (SSSR count). The van der Waals surface area contributed by atoms with E-state index in [2.05, 4.69) is 15.3 Å². The van der Waals surface area contributed by atoms with Crippen LogP contribution in [-0.4, -0.2) is 33.3 Å². The highest BCUT2D eigenvalue weighted by molar-refractivity contribution is 7.98. The van der Waals surface area contributed by atoms with Gasteiger partial charge in [0.1, 0.15) is 6.04 Å². The summed E-state index contributed by atoms with van der Waals surface area (Å²) in [5, 5.41) is 13.0. The molecule has 0 spiro atoms. The van der Waals surface area contributed by atoms with Crippen LogP contribution in [0, 0.1) is 0 Å². The van der Waals surface area contributed by atoms with E-state index < -0.39 is 12.0 Å². The first-order chi connectivity index (χ1) is 10.2. The molecule has 0 radical (unpaired) electrons. The SMILES string of the molecule is CSc1ncc(CN[C@H](Cc2ccccc2)C(=O)O)cn1. The quantitative estimate of drug-likeness (QED) is 0.602. The number of nitrogens with zero attached hydrogens (tertiary/aromatic N) is 2. The van der Waals surface area contributed by atoms with Crippen LogP contribution in [-0.2, 0) is 17.8 Å². The van der Waals surface area contributed by atoms with E-state index in [0.717, 1.165) is 11.1 Å². The second-order valence-electron chi connectivity index (χ2n) is 4.54. The van der Waals surface area contributed by atoms with Crippen molar-refractivity contribution in [1.82, 2.24) is 15.3 Å². The van der Waals surface area contributed by atoms with Gasteiger partial charge in [0.25, 0.3) is 0 Å². The zero-order chi connectivity index (χ0) is 15.1. The summed E-state index contributed by atoms with van der Waals surface area (Å²) in [6, 6.07) is 8.94. The van der Waals surface area contributed by atoms with Gasteiger partial charge in [-0.3, -0.25) is 10.1 Å². The fraction of sp³-hybridized carbons (Fsp3) is 0.267. The Kier molecular flexibility index (Phi) is 5.71. The third kappa shape index (κ3) is 4.84. The molecule has 0 aliphatic carbocycles. The highest BCUT2D eigenvalue weighted by atomic mass is 32.2. The number of carbonyl (C=O) groups is 1. The van der Waals surface area contributed by atoms with Gasteiger partial charge in [0.15, 0.2) is 5.16 Å². The molecule has 110 valence electrons. The highest BCUT2D eigenvalue weighted by Crippen LogP contribution is 2.08. The van der Waals surface area contributed by atoms with Crippen LogP contribution >= 0.6 is 11.8 Å². The van der Waals surface area contributed by atoms with Crippen LogP contribution in [0.25, 0.3) is 0 Å². The minimum atomic E-state index is -0.861. The second kappa shape index (κ2) is 7.75. The molecule has 0 amide bonds. The summed E-state index contributed by atoms with van der Waals surface area (Å²) in [6.07, 6.45) is 5.79. The molecule has 6 heteroatoms. The topological polar surface area (TPSA) is 75.1 Å². The van der Waals surface area contributed by atoms with Gasteiger partial charge in [-0.25, -0.2) is 9.97 Å². The fourth-order valence-electron chi connectivity index (χ4n) is 1.88. The molecule has 0 saturated heterocycles. The van der Waals surface area contributed by atoms with E-state index in [1.807, 2.05) is 36.6 Å². The fourth-order valence-corrected chi connectivity index (χ4v) is 2.19. The van der Waals surface area contributed by atoms with E-state index in [-0.39, 0.29) is 0 Å². The molecule has 0 bridgehead atoms. The molecule has 1 heterocycles. The van der Waals surface area contributed by atoms with E-state index in [1.54, 1.807) is 12.4 Å². The van der Waals surface area contributed by atoms with Crippen LogP contribution in [0.15, 0.2) is 47.9 Å². The average Bonchev–Trinajstić information content (AvgIpc) is 2.52. The van der Waals surface area contributed by atoms with Gasteiger partial charge in [-0.2, -0.15) is 0 Å². The predicted octanol–water partition coefficient (Wildman–Crippen LogP) is 1.98. The number of carboxylic acid groups (broad SMARTS) is 1. The number of rotatable bonds is 7. The molecular weight excluding hydrogens is 286 g/mol. The van der Waals surface area contributed by atoms with Gasteiger partial charge in [0, 0.05) is 24.5 Å². The van der Waals surface area contributed by atoms with Crippen LogP contribution in [0.4, 0.5) is 0 Å². The monoisotopic (exact) mass is 303 g/mol. The average molecular weight is 303 g/mol. The Morgan fingerprint density at radius 2 is 1.90 bits per heavy atom. The van der Waals surface area contributed by atoms with Crippen molar-refractivity contribution in [3.05, 3.63) is 53.9 Å². The van der Waals surface area contributed by atoms with Crippen molar-refractivity contribution in [2.24, 2.45) is 0 Å². The lowest BCUT2D eigenvalue weighted by molar-refractivity contribution is -0.139. The zero-order valence-corrected chi connectivity index (χ0v) is 12.5. The molecule has 0 unspecified atom stereocenters. The van der Waals surface area contributed by atoms with Crippen molar-refractivity contribution in [3.63, 3.8) is 0 Å². The molecular formula is C15H17N3O2S. The maximum atomic E-state index is 11.3. The molecule has 0 aliphatic rings. The van der Waals surface area contributed by atoms with E-state index in [0.29, 0.717) is 18.1 Å². The van der Waals surface area contributed by atoms with E-state index in [4.69, 9.17) is 0 Å². The number of nitrogens with one attached hydrogen (secondary N) is 1. The van der Waals surface area contributed by atoms with Gasteiger partial charge < -0.3 is 5.11 Å². The Hall–Kier alpha value is -1.92. The number of aromatic nitrogens is 2. The van der Waals surface area contributed by atoms with Gasteiger partial charge in [-0.15, -0.1) is 0 Å². The minimum Gasteiger partial charge on any atom is -0.480 e. The Morgan fingerprint density at radius 1 is 1.24 bits per heavy atom. The van der Waals surface area contributed by atoms with Crippen LogP contribution in [0.5, 0.6) is 0 Å². The Bertz CT molecular complexity index is 575. The summed E-state index contributed by atoms with van der Waals surface area (Å²) in [7, 11) is 0. The molecule has 2 aromatic rings. The maximum Gasteiger partial charge on any atom is 0.321 e. The van der Waals surface area contributed by atoms with Crippen molar-refractivity contribution < 1.29 is 9.90 Å². The van der Waals surface area contributed by atoms with Crippen LogP contribution in [0.1, 0.15) is 11.1 Å². The maximum absolute atomic E-state index is 11.3. The van der Waals surface area contributed by atoms with Gasteiger partial charge >= 0.3 is 5.97 Å². The first-order valence-electron chi connectivity index (χ1n) is 6.54. The van der Waals surface area contributed by atoms with E-state index in [9.17, 15) is 9.90 Å². The summed E-state index contributed by atoms with van der Waals surface area (Å²) in [4.78, 5) is 19.7. The van der Waals surface area contributed by atoms with Crippen molar-refractivity contribution >= 4 is 17.7 Å². The largest absolute Gasteiger partial charge is 0.480 e. The first-order valence-corrected chi connectivity index (χ1v) is 7.76. The van der Waals surface area contributed by atoms with Crippen LogP contribution in [0.2, 0.25) is 0 Å². The summed E-state index contributed by atoms with van der Waals surface area (Å²) in [5.74, 6) is -0.861. The van der Waals surface area contributed by atoms with E-state index in [1.165, 1.54) is 11.8 Å². The number of benzene rings is 1. The van der Waals surface area contributed by atoms with Gasteiger partial charge in [-0.05, 0) is 18.2 Å². The number of hydrogen-bond acceptors (Lipinski definition) is 5. The zero-order valence-electron chi connectivity index (χ0n) is 11.7. The summed E-state index contributed by atoms with van der Waals surface area (Å²) in [6.45, 7) is 0.429. The lowest BCUT2D eigenvalue weighted by atomic mass is 10.1. The smallest absolute Gasteiger partial charge is 0.321 e. The molecule has 1 aromatic carbocycles. The highest BCUT2D eigenvalue weighted by Gasteiger charge is 2.17. The Morgan fingerprint density at radius 3 is 2.48 bits per heavy atom. The van der Waals surface area contributed by atoms with Gasteiger partial charge in [0.05, 0.1) is 0 Å². The number of hydrogen-bond donors (Lipinski definition) is 2. The van der Waals surface area contributed by atoms with Crippen LogP contribution in [0.3, 0.4) is 0 Å². The standard InChI is InChI=1S/C15H17N3O2S/c1-21-15-17-9-12(10-18-15)8-16-13(14(19)20)7-11-5-3-2-4-6-11/h2-6,9-10,13,16H,7-8H2,1H3,(H,19,20)/t13-/m1/s1. The minimum absolute atomic E-state index is 0.429. The molecule has 21 heavy (non-hydrogen) atoms. The normalized spacial score (nSPS) is 12.0. The van der Waals surface area contributed by atoms with Crippen molar-refractivity contribution in [2.45, 2.75) is 24.2 Å². The number of carboxylic acids is 1. The molecule has 0 fully saturated rings. The Balaban J connectivity index is 1.95. The summed E-state index contributed by atoms with van der Waals surface area (Å²) >= 11 is 1.47. The van der Waals surface area contributed by atoms with Crippen molar-refractivity contribution in [1.29, 1.82) is 0 Å². The van der Waals surface area contributed by atoms with Crippen LogP contribution < -0.4 is 5.32 Å². The number of aliphatic carboxylic acids is 1. The second-order valence-corrected chi connectivity index (χ2v) is 5.31. The summed E-state index contributed by atoms with van der Waals surface area (Å²) in [5.41, 5.74) is 1.86. The summed E-state index contributed by atoms with van der Waals surface area (Å²) < 4.78 is 0.